The number of fused-ring (bicyclic) bond motifs is 1. The van der Waals surface area contributed by atoms with Crippen molar-refractivity contribution in [3.63, 3.8) is 0 Å². The summed E-state index contributed by atoms with van der Waals surface area (Å²) in [6.45, 7) is 2.84. The topological polar surface area (TPSA) is 34.9 Å². The summed E-state index contributed by atoms with van der Waals surface area (Å²) < 4.78 is 15.5. The van der Waals surface area contributed by atoms with Crippen LogP contribution in [-0.2, 0) is 12.3 Å². The Labute approximate surface area is 148 Å². The Kier molecular flexibility index (Phi) is 5.68. The van der Waals surface area contributed by atoms with E-state index in [0.717, 1.165) is 40.2 Å². The van der Waals surface area contributed by atoms with Gasteiger partial charge < -0.3 is 0 Å². The van der Waals surface area contributed by atoms with Gasteiger partial charge in [-0.1, -0.05) is 43.7 Å². The van der Waals surface area contributed by atoms with Crippen molar-refractivity contribution in [2.24, 2.45) is 0 Å². The van der Waals surface area contributed by atoms with E-state index in [1.165, 1.54) is 35.2 Å². The third-order valence-corrected chi connectivity index (χ3v) is 5.74. The smallest absolute Gasteiger partial charge is 0.272 e. The Balaban J connectivity index is 1.87. The molecule has 0 N–H and O–H groups in total. The van der Waals surface area contributed by atoms with Gasteiger partial charge in [0.05, 0.1) is 5.52 Å². The zero-order valence-corrected chi connectivity index (χ0v) is 15.1. The second-order valence-electron chi connectivity index (χ2n) is 5.61. The minimum absolute atomic E-state index is 0.0488. The van der Waals surface area contributed by atoms with E-state index >= 15 is 0 Å². The van der Waals surface area contributed by atoms with Gasteiger partial charge in [-0.3, -0.25) is 9.36 Å². The first kappa shape index (κ1) is 17.2. The lowest BCUT2D eigenvalue weighted by atomic mass is 10.2. The molecule has 126 valence electrons. The van der Waals surface area contributed by atoms with Gasteiger partial charge in [0.2, 0.25) is 0 Å². The molecule has 0 amide bonds. The lowest BCUT2D eigenvalue weighted by Crippen LogP contribution is -2.22. The largest absolute Gasteiger partial charge is 0.286 e. The molecule has 0 saturated carbocycles. The molecule has 24 heavy (non-hydrogen) atoms. The number of hydrogen-bond acceptors (Lipinski definition) is 4. The second kappa shape index (κ2) is 7.94. The van der Waals surface area contributed by atoms with Crippen LogP contribution in [0.15, 0.2) is 45.7 Å². The molecule has 0 spiro atoms. The molecule has 3 aromatic rings. The third-order valence-electron chi connectivity index (χ3n) is 3.80. The summed E-state index contributed by atoms with van der Waals surface area (Å²) in [6, 6.07) is 8.34. The summed E-state index contributed by atoms with van der Waals surface area (Å²) >= 11 is 2.98. The normalized spacial score (nSPS) is 11.2. The molecule has 0 atom stereocenters. The van der Waals surface area contributed by atoms with E-state index < -0.39 is 0 Å². The average molecular weight is 362 g/mol. The van der Waals surface area contributed by atoms with Gasteiger partial charge in [0.25, 0.3) is 5.56 Å². The van der Waals surface area contributed by atoms with E-state index in [2.05, 4.69) is 11.9 Å². The van der Waals surface area contributed by atoms with E-state index in [1.54, 1.807) is 16.7 Å². The minimum Gasteiger partial charge on any atom is -0.286 e. The SMILES string of the molecule is CCCCCn1c(SCc2ccc(F)cc2)nc2ccsc2c1=O. The van der Waals surface area contributed by atoms with Crippen LogP contribution < -0.4 is 5.56 Å². The standard InChI is InChI=1S/C18H19FN2OS2/c1-2-3-4-10-21-17(22)16-15(9-11-23-16)20-18(21)24-12-13-5-7-14(19)8-6-13/h5-9,11H,2-4,10,12H2,1H3. The maximum absolute atomic E-state index is 13.0. The monoisotopic (exact) mass is 362 g/mol. The Morgan fingerprint density at radius 1 is 1.21 bits per heavy atom. The quantitative estimate of drug-likeness (QED) is 0.334. The summed E-state index contributed by atoms with van der Waals surface area (Å²) in [7, 11) is 0. The molecule has 0 bridgehead atoms. The van der Waals surface area contributed by atoms with E-state index in [1.807, 2.05) is 11.4 Å². The first-order chi connectivity index (χ1) is 11.7. The fraction of sp³-hybridized carbons (Fsp3) is 0.333. The van der Waals surface area contributed by atoms with Gasteiger partial charge in [0, 0.05) is 12.3 Å². The van der Waals surface area contributed by atoms with Gasteiger partial charge in [-0.2, -0.15) is 0 Å². The average Bonchev–Trinajstić information content (AvgIpc) is 3.05. The van der Waals surface area contributed by atoms with Crippen molar-refractivity contribution >= 4 is 33.3 Å². The zero-order valence-electron chi connectivity index (χ0n) is 13.5. The minimum atomic E-state index is -0.238. The summed E-state index contributed by atoms with van der Waals surface area (Å²) in [5.74, 6) is 0.425. The van der Waals surface area contributed by atoms with Gasteiger partial charge in [0.1, 0.15) is 10.5 Å². The Morgan fingerprint density at radius 3 is 2.75 bits per heavy atom. The molecule has 0 fully saturated rings. The number of thiophene rings is 1. The van der Waals surface area contributed by atoms with Gasteiger partial charge in [-0.05, 0) is 35.6 Å². The van der Waals surface area contributed by atoms with Crippen LogP contribution in [0, 0.1) is 5.82 Å². The van der Waals surface area contributed by atoms with Crippen LogP contribution in [0.5, 0.6) is 0 Å². The number of aromatic nitrogens is 2. The van der Waals surface area contributed by atoms with Crippen molar-refractivity contribution in [2.75, 3.05) is 0 Å². The second-order valence-corrected chi connectivity index (χ2v) is 7.47. The van der Waals surface area contributed by atoms with Crippen molar-refractivity contribution in [3.05, 3.63) is 57.4 Å². The maximum atomic E-state index is 13.0. The summed E-state index contributed by atoms with van der Waals surface area (Å²) in [5.41, 5.74) is 1.83. The molecule has 2 aromatic heterocycles. The van der Waals surface area contributed by atoms with Gasteiger partial charge in [-0.25, -0.2) is 9.37 Å². The van der Waals surface area contributed by atoms with E-state index in [-0.39, 0.29) is 11.4 Å². The first-order valence-corrected chi connectivity index (χ1v) is 9.91. The molecule has 3 rings (SSSR count). The number of halogens is 1. The van der Waals surface area contributed by atoms with Crippen LogP contribution in [0.2, 0.25) is 0 Å². The van der Waals surface area contributed by atoms with Crippen LogP contribution in [0.1, 0.15) is 31.7 Å². The molecule has 0 saturated heterocycles. The third kappa shape index (κ3) is 3.87. The van der Waals surface area contributed by atoms with Crippen LogP contribution in [0.25, 0.3) is 10.2 Å². The Morgan fingerprint density at radius 2 is 2.00 bits per heavy atom. The number of hydrogen-bond donors (Lipinski definition) is 0. The molecule has 2 heterocycles. The summed E-state index contributed by atoms with van der Waals surface area (Å²) in [6.07, 6.45) is 3.18. The number of unbranched alkanes of at least 4 members (excludes halogenated alkanes) is 2. The lowest BCUT2D eigenvalue weighted by Gasteiger charge is -2.11. The zero-order chi connectivity index (χ0) is 16.9. The highest BCUT2D eigenvalue weighted by atomic mass is 32.2. The number of nitrogens with zero attached hydrogens (tertiary/aromatic N) is 2. The number of rotatable bonds is 7. The maximum Gasteiger partial charge on any atom is 0.272 e. The predicted octanol–water partition coefficient (Wildman–Crippen LogP) is 5.08. The van der Waals surface area contributed by atoms with Crippen LogP contribution in [0.3, 0.4) is 0 Å². The number of thioether (sulfide) groups is 1. The Hall–Kier alpha value is -1.66. The molecule has 6 heteroatoms. The van der Waals surface area contributed by atoms with Crippen molar-refractivity contribution in [1.82, 2.24) is 9.55 Å². The molecule has 0 aliphatic rings. The molecular weight excluding hydrogens is 343 g/mol. The molecule has 1 aromatic carbocycles. The molecule has 3 nitrogen and oxygen atoms in total. The molecule has 0 aliphatic heterocycles. The Bertz CT molecular complexity index is 871. The van der Waals surface area contributed by atoms with Crippen molar-refractivity contribution < 1.29 is 4.39 Å². The van der Waals surface area contributed by atoms with Crippen LogP contribution in [0.4, 0.5) is 4.39 Å². The van der Waals surface area contributed by atoms with Crippen LogP contribution in [-0.4, -0.2) is 9.55 Å². The fourth-order valence-electron chi connectivity index (χ4n) is 2.48. The van der Waals surface area contributed by atoms with Crippen molar-refractivity contribution in [2.45, 2.75) is 43.6 Å². The van der Waals surface area contributed by atoms with Gasteiger partial charge in [0.15, 0.2) is 5.16 Å². The van der Waals surface area contributed by atoms with Gasteiger partial charge in [-0.15, -0.1) is 11.3 Å². The van der Waals surface area contributed by atoms with E-state index in [0.29, 0.717) is 12.3 Å². The summed E-state index contributed by atoms with van der Waals surface area (Å²) in [5, 5.41) is 2.65. The number of benzene rings is 1. The molecule has 0 radical (unpaired) electrons. The summed E-state index contributed by atoms with van der Waals surface area (Å²) in [4.78, 5) is 17.4. The highest BCUT2D eigenvalue weighted by Gasteiger charge is 2.12. The van der Waals surface area contributed by atoms with Crippen molar-refractivity contribution in [3.8, 4) is 0 Å². The van der Waals surface area contributed by atoms with Crippen LogP contribution >= 0.6 is 23.1 Å². The van der Waals surface area contributed by atoms with E-state index in [9.17, 15) is 9.18 Å². The first-order valence-electron chi connectivity index (χ1n) is 8.04. The van der Waals surface area contributed by atoms with Crippen molar-refractivity contribution in [1.29, 1.82) is 0 Å². The highest BCUT2D eigenvalue weighted by Crippen LogP contribution is 2.24. The highest BCUT2D eigenvalue weighted by molar-refractivity contribution is 7.98. The fourth-order valence-corrected chi connectivity index (χ4v) is 4.24. The van der Waals surface area contributed by atoms with Gasteiger partial charge >= 0.3 is 0 Å². The van der Waals surface area contributed by atoms with E-state index in [4.69, 9.17) is 0 Å². The predicted molar refractivity (Wildman–Crippen MR) is 99.4 cm³/mol. The molecule has 0 unspecified atom stereocenters. The molecular formula is C18H19FN2OS2. The molecule has 0 aliphatic carbocycles. The lowest BCUT2D eigenvalue weighted by molar-refractivity contribution is 0.542.